The number of benzene rings is 2. The molecule has 3 aliphatic rings. The van der Waals surface area contributed by atoms with Gasteiger partial charge in [0.05, 0.1) is 15.6 Å². The zero-order valence-corrected chi connectivity index (χ0v) is 24.6. The number of ether oxygens (including phenoxy) is 1. The number of carbonyl (C=O) groups is 4. The number of halogens is 2. The number of pyridine rings is 1. The van der Waals surface area contributed by atoms with Crippen molar-refractivity contribution in [1.82, 2.24) is 15.2 Å². The number of anilines is 1. The average Bonchev–Trinajstić information content (AvgIpc) is 3.01. The molecule has 2 bridgehead atoms. The predicted molar refractivity (Wildman–Crippen MR) is 160 cm³/mol. The maximum Gasteiger partial charge on any atom is 0.411 e. The molecule has 2 atom stereocenters. The highest BCUT2D eigenvalue weighted by molar-refractivity contribution is 6.40. The Kier molecular flexibility index (Phi) is 9.47. The summed E-state index contributed by atoms with van der Waals surface area (Å²) in [5.74, 6) is -2.30. The Balaban J connectivity index is 1.23. The Labute approximate surface area is 258 Å². The molecule has 3 amide bonds. The standard InChI is InChI=1S/C31H30Cl2N4O6/c32-23-15-34-16-24(33)26(23)28(38)35-21-10-6-18(7-11-21)14-25(30(40)41)36-29(39)27-20-8-12-22(13-9-20)37(27)31(42)43-17-19-4-2-1-3-5-19/h1-7,10-11,15-16,20,22,25,27H,8-9,12-14,17H2,(H,35,38)(H,36,39)(H,40,41)/t20?,22?,25-,27?/m0/s1. The maximum atomic E-state index is 13.5. The van der Waals surface area contributed by atoms with Crippen LogP contribution in [0.4, 0.5) is 10.5 Å². The van der Waals surface area contributed by atoms with Crippen molar-refractivity contribution in [2.24, 2.45) is 5.92 Å². The van der Waals surface area contributed by atoms with E-state index in [1.54, 1.807) is 24.3 Å². The molecule has 12 heteroatoms. The van der Waals surface area contributed by atoms with E-state index in [0.717, 1.165) is 31.2 Å². The minimum atomic E-state index is -1.23. The number of hydrogen-bond donors (Lipinski definition) is 3. The maximum absolute atomic E-state index is 13.5. The lowest BCUT2D eigenvalue weighted by Crippen LogP contribution is -2.64. The smallest absolute Gasteiger partial charge is 0.411 e. The number of piperidine rings is 2. The zero-order valence-electron chi connectivity index (χ0n) is 23.0. The van der Waals surface area contributed by atoms with Gasteiger partial charge in [-0.25, -0.2) is 9.59 Å². The quantitative estimate of drug-likeness (QED) is 0.292. The van der Waals surface area contributed by atoms with Crippen LogP contribution in [0.2, 0.25) is 10.0 Å². The summed E-state index contributed by atoms with van der Waals surface area (Å²) >= 11 is 12.1. The van der Waals surface area contributed by atoms with Crippen molar-refractivity contribution in [2.45, 2.75) is 56.8 Å². The Bertz CT molecular complexity index is 1480. The molecule has 3 heterocycles. The van der Waals surface area contributed by atoms with Crippen LogP contribution in [0.15, 0.2) is 67.0 Å². The average molecular weight is 626 g/mol. The minimum Gasteiger partial charge on any atom is -0.480 e. The fourth-order valence-corrected chi connectivity index (χ4v) is 6.32. The van der Waals surface area contributed by atoms with Gasteiger partial charge in [-0.2, -0.15) is 0 Å². The second kappa shape index (κ2) is 13.4. The van der Waals surface area contributed by atoms with Crippen LogP contribution < -0.4 is 10.6 Å². The fourth-order valence-electron chi connectivity index (χ4n) is 5.79. The van der Waals surface area contributed by atoms with Crippen LogP contribution >= 0.6 is 23.2 Å². The van der Waals surface area contributed by atoms with Crippen LogP contribution in [0.5, 0.6) is 0 Å². The number of carboxylic acids is 1. The van der Waals surface area contributed by atoms with E-state index in [0.29, 0.717) is 11.3 Å². The highest BCUT2D eigenvalue weighted by atomic mass is 35.5. The van der Waals surface area contributed by atoms with Gasteiger partial charge >= 0.3 is 12.1 Å². The number of hydrogen-bond acceptors (Lipinski definition) is 6. The molecule has 0 spiro atoms. The third-order valence-electron chi connectivity index (χ3n) is 7.91. The van der Waals surface area contributed by atoms with E-state index in [-0.39, 0.29) is 40.6 Å². The number of rotatable bonds is 9. The van der Waals surface area contributed by atoms with Crippen LogP contribution in [-0.4, -0.2) is 57.0 Å². The molecule has 0 radical (unpaired) electrons. The number of amides is 3. The van der Waals surface area contributed by atoms with Crippen molar-refractivity contribution in [1.29, 1.82) is 0 Å². The predicted octanol–water partition coefficient (Wildman–Crippen LogP) is 5.33. The molecule has 6 rings (SSSR count). The number of carbonyl (C=O) groups excluding carboxylic acids is 3. The van der Waals surface area contributed by atoms with Crippen molar-refractivity contribution < 1.29 is 29.0 Å². The van der Waals surface area contributed by atoms with Crippen LogP contribution in [-0.2, 0) is 27.4 Å². The molecule has 224 valence electrons. The van der Waals surface area contributed by atoms with Gasteiger partial charge in [0.1, 0.15) is 18.7 Å². The minimum absolute atomic E-state index is 0.00339. The Morgan fingerprint density at radius 1 is 0.930 bits per heavy atom. The van der Waals surface area contributed by atoms with Gasteiger partial charge in [-0.15, -0.1) is 0 Å². The molecule has 3 N–H and O–H groups in total. The van der Waals surface area contributed by atoms with Crippen molar-refractivity contribution in [3.05, 3.63) is 93.7 Å². The molecule has 43 heavy (non-hydrogen) atoms. The van der Waals surface area contributed by atoms with E-state index in [9.17, 15) is 24.3 Å². The number of carboxylic acid groups (broad SMARTS) is 1. The summed E-state index contributed by atoms with van der Waals surface area (Å²) < 4.78 is 5.57. The van der Waals surface area contributed by atoms with Gasteiger partial charge in [-0.1, -0.05) is 65.7 Å². The lowest BCUT2D eigenvalue weighted by atomic mass is 9.74. The highest BCUT2D eigenvalue weighted by Gasteiger charge is 2.48. The first-order valence-electron chi connectivity index (χ1n) is 13.9. The number of aliphatic carboxylic acids is 1. The normalized spacial score (nSPS) is 19.8. The second-order valence-electron chi connectivity index (χ2n) is 10.7. The lowest BCUT2D eigenvalue weighted by Gasteiger charge is -2.49. The van der Waals surface area contributed by atoms with Gasteiger partial charge < -0.3 is 20.5 Å². The van der Waals surface area contributed by atoms with Gasteiger partial charge in [-0.3, -0.25) is 19.5 Å². The molecule has 2 saturated heterocycles. The number of fused-ring (bicyclic) bond motifs is 3. The summed E-state index contributed by atoms with van der Waals surface area (Å²) in [6.07, 6.45) is 5.18. The number of nitrogens with zero attached hydrogens (tertiary/aromatic N) is 2. The van der Waals surface area contributed by atoms with Crippen LogP contribution in [0.25, 0.3) is 0 Å². The first kappa shape index (κ1) is 30.3. The second-order valence-corrected chi connectivity index (χ2v) is 11.5. The molecule has 2 aromatic carbocycles. The molecule has 2 aliphatic heterocycles. The Morgan fingerprint density at radius 3 is 2.21 bits per heavy atom. The molecule has 1 unspecified atom stereocenters. The van der Waals surface area contributed by atoms with Crippen molar-refractivity contribution in [3.8, 4) is 0 Å². The van der Waals surface area contributed by atoms with Crippen molar-refractivity contribution in [2.75, 3.05) is 5.32 Å². The van der Waals surface area contributed by atoms with Gasteiger partial charge in [0.25, 0.3) is 5.91 Å². The third-order valence-corrected chi connectivity index (χ3v) is 8.49. The van der Waals surface area contributed by atoms with Crippen LogP contribution in [0.3, 0.4) is 0 Å². The van der Waals surface area contributed by atoms with E-state index in [2.05, 4.69) is 15.6 Å². The summed E-state index contributed by atoms with van der Waals surface area (Å²) in [5, 5.41) is 15.5. The number of aromatic nitrogens is 1. The van der Waals surface area contributed by atoms with E-state index >= 15 is 0 Å². The summed E-state index contributed by atoms with van der Waals surface area (Å²) in [7, 11) is 0. The molecule has 1 saturated carbocycles. The van der Waals surface area contributed by atoms with Gasteiger partial charge in [0, 0.05) is 30.5 Å². The molecule has 1 aliphatic carbocycles. The molecular weight excluding hydrogens is 595 g/mol. The first-order chi connectivity index (χ1) is 20.7. The zero-order chi connectivity index (χ0) is 30.5. The van der Waals surface area contributed by atoms with E-state index in [1.807, 2.05) is 30.3 Å². The topological polar surface area (TPSA) is 138 Å². The van der Waals surface area contributed by atoms with Gasteiger partial charge in [-0.05, 0) is 54.9 Å². The van der Waals surface area contributed by atoms with Gasteiger partial charge in [0.2, 0.25) is 5.91 Å². The largest absolute Gasteiger partial charge is 0.480 e. The Hall–Kier alpha value is -4.15. The SMILES string of the molecule is O=C(Nc1ccc(C[C@H](NC(=O)C2C3CCC(CC3)N2C(=O)OCc2ccccc2)C(=O)O)cc1)c1c(Cl)cncc1Cl. The van der Waals surface area contributed by atoms with E-state index in [4.69, 9.17) is 27.9 Å². The highest BCUT2D eigenvalue weighted by Crippen LogP contribution is 2.40. The Morgan fingerprint density at radius 2 is 1.58 bits per heavy atom. The van der Waals surface area contributed by atoms with Crippen LogP contribution in [0, 0.1) is 5.92 Å². The molecular formula is C31H30Cl2N4O6. The van der Waals surface area contributed by atoms with Crippen LogP contribution in [0.1, 0.15) is 47.2 Å². The summed E-state index contributed by atoms with van der Waals surface area (Å²) in [4.78, 5) is 56.9. The number of nitrogens with one attached hydrogen (secondary N) is 2. The van der Waals surface area contributed by atoms with E-state index in [1.165, 1.54) is 17.3 Å². The van der Waals surface area contributed by atoms with Crippen molar-refractivity contribution in [3.63, 3.8) is 0 Å². The molecule has 3 aromatic rings. The molecule has 1 aromatic heterocycles. The van der Waals surface area contributed by atoms with E-state index < -0.39 is 36.0 Å². The first-order valence-corrected chi connectivity index (χ1v) is 14.7. The lowest BCUT2D eigenvalue weighted by molar-refractivity contribution is -0.144. The monoisotopic (exact) mass is 624 g/mol. The van der Waals surface area contributed by atoms with Crippen molar-refractivity contribution >= 4 is 52.8 Å². The fraction of sp³-hybridized carbons (Fsp3) is 0.323. The summed E-state index contributed by atoms with van der Waals surface area (Å²) in [6.45, 7) is 0.0821. The van der Waals surface area contributed by atoms with Gasteiger partial charge in [0.15, 0.2) is 0 Å². The third kappa shape index (κ3) is 7.09. The summed E-state index contributed by atoms with van der Waals surface area (Å²) in [6, 6.07) is 13.7. The molecule has 10 nitrogen and oxygen atoms in total. The molecule has 3 fully saturated rings. The summed E-state index contributed by atoms with van der Waals surface area (Å²) in [5.41, 5.74) is 1.98.